The molecule has 3 aromatic rings. The summed E-state index contributed by atoms with van der Waals surface area (Å²) in [6, 6.07) is 11.5. The molecule has 0 unspecified atom stereocenters. The van der Waals surface area contributed by atoms with E-state index in [1.807, 2.05) is 0 Å². The predicted octanol–water partition coefficient (Wildman–Crippen LogP) is 2.57. The van der Waals surface area contributed by atoms with Gasteiger partial charge in [-0.05, 0) is 61.4 Å². The number of carbonyl (C=O) groups excluding carboxylic acids is 1. The lowest BCUT2D eigenvalue weighted by Gasteiger charge is -2.16. The van der Waals surface area contributed by atoms with Crippen LogP contribution in [0.1, 0.15) is 30.1 Å². The second-order valence-electron chi connectivity index (χ2n) is 7.57. The third kappa shape index (κ3) is 4.82. The van der Waals surface area contributed by atoms with Crippen molar-refractivity contribution in [1.29, 1.82) is 0 Å². The number of carbonyl (C=O) groups is 1. The molecule has 0 aliphatic heterocycles. The molecule has 10 nitrogen and oxygen atoms in total. The highest BCUT2D eigenvalue weighted by Gasteiger charge is 2.35. The summed E-state index contributed by atoms with van der Waals surface area (Å²) in [5, 5.41) is 10.1. The van der Waals surface area contributed by atoms with Crippen LogP contribution in [0.25, 0.3) is 11.5 Å². The van der Waals surface area contributed by atoms with Crippen LogP contribution in [0, 0.1) is 0 Å². The highest BCUT2D eigenvalue weighted by atomic mass is 32.2. The van der Waals surface area contributed by atoms with Crippen molar-refractivity contribution < 1.29 is 26.0 Å². The average Bonchev–Trinajstić information content (AvgIpc) is 3.57. The van der Waals surface area contributed by atoms with Gasteiger partial charge in [-0.2, -0.15) is 4.31 Å². The Hall–Kier alpha value is -3.09. The van der Waals surface area contributed by atoms with Gasteiger partial charge in [0.05, 0.1) is 15.5 Å². The number of sulfonamides is 1. The molecule has 174 valence electrons. The third-order valence-corrected chi connectivity index (χ3v) is 9.02. The number of benzene rings is 2. The summed E-state index contributed by atoms with van der Waals surface area (Å²) < 4.78 is 55.8. The van der Waals surface area contributed by atoms with Crippen LogP contribution in [0.15, 0.2) is 62.7 Å². The summed E-state index contributed by atoms with van der Waals surface area (Å²) >= 11 is 0. The number of nitrogens with zero attached hydrogens (tertiary/aromatic N) is 3. The first kappa shape index (κ1) is 23.1. The van der Waals surface area contributed by atoms with Crippen LogP contribution in [-0.2, 0) is 19.9 Å². The molecule has 1 N–H and O–H groups in total. The van der Waals surface area contributed by atoms with Crippen LogP contribution >= 0.6 is 0 Å². The Bertz CT molecular complexity index is 1380. The van der Waals surface area contributed by atoms with Gasteiger partial charge in [0.1, 0.15) is 0 Å². The Balaban J connectivity index is 1.44. The zero-order valence-electron chi connectivity index (χ0n) is 17.9. The second kappa shape index (κ2) is 8.69. The topological polar surface area (TPSA) is 140 Å². The van der Waals surface area contributed by atoms with E-state index in [4.69, 9.17) is 4.42 Å². The second-order valence-corrected chi connectivity index (χ2v) is 11.8. The van der Waals surface area contributed by atoms with E-state index in [9.17, 15) is 21.6 Å². The molecule has 0 radical (unpaired) electrons. The number of hydrogen-bond acceptors (Lipinski definition) is 8. The van der Waals surface area contributed by atoms with Crippen molar-refractivity contribution in [3.63, 3.8) is 0 Å². The normalized spacial score (nSPS) is 14.4. The van der Waals surface area contributed by atoms with Gasteiger partial charge < -0.3 is 4.42 Å². The summed E-state index contributed by atoms with van der Waals surface area (Å²) in [4.78, 5) is 12.8. The average molecular weight is 491 g/mol. The largest absolute Gasteiger partial charge is 0.403 e. The van der Waals surface area contributed by atoms with Gasteiger partial charge in [-0.3, -0.25) is 10.1 Å². The maximum Gasteiger partial charge on any atom is 0.322 e. The quantitative estimate of drug-likeness (QED) is 0.508. The van der Waals surface area contributed by atoms with E-state index >= 15 is 0 Å². The fourth-order valence-electron chi connectivity index (χ4n) is 3.11. The Morgan fingerprint density at radius 3 is 2.18 bits per heavy atom. The highest BCUT2D eigenvalue weighted by Crippen LogP contribution is 2.30. The molecule has 1 aromatic heterocycles. The number of nitrogens with one attached hydrogen (secondary N) is 1. The third-order valence-electron chi connectivity index (χ3n) is 5.34. The molecule has 12 heteroatoms. The van der Waals surface area contributed by atoms with Crippen molar-refractivity contribution in [3.8, 4) is 11.5 Å². The van der Waals surface area contributed by atoms with E-state index < -0.39 is 25.8 Å². The zero-order valence-corrected chi connectivity index (χ0v) is 19.6. The van der Waals surface area contributed by atoms with Crippen molar-refractivity contribution in [1.82, 2.24) is 14.5 Å². The lowest BCUT2D eigenvalue weighted by atomic mass is 10.2. The standard InChI is InChI=1S/C21H22N4O6S2/c1-3-32(27,28)17-10-6-15(7-11-17)20-23-24-21(31-20)22-19(26)14-4-12-18(13-5-14)33(29,30)25(2)16-8-9-16/h4-7,10-13,16H,3,8-9H2,1-2H3,(H,22,24,26). The van der Waals surface area contributed by atoms with Crippen LogP contribution in [0.4, 0.5) is 6.01 Å². The van der Waals surface area contributed by atoms with Crippen molar-refractivity contribution in [2.24, 2.45) is 0 Å². The van der Waals surface area contributed by atoms with Crippen LogP contribution in [0.2, 0.25) is 0 Å². The molecule has 0 saturated heterocycles. The molecule has 33 heavy (non-hydrogen) atoms. The Kier molecular flexibility index (Phi) is 6.08. The lowest BCUT2D eigenvalue weighted by Crippen LogP contribution is -2.29. The smallest absolute Gasteiger partial charge is 0.322 e. The van der Waals surface area contributed by atoms with E-state index in [1.165, 1.54) is 40.7 Å². The van der Waals surface area contributed by atoms with Crippen LogP contribution in [-0.4, -0.2) is 56.1 Å². The number of aromatic nitrogens is 2. The van der Waals surface area contributed by atoms with Crippen molar-refractivity contribution in [2.75, 3.05) is 18.1 Å². The van der Waals surface area contributed by atoms with Gasteiger partial charge in [0.15, 0.2) is 9.84 Å². The number of rotatable bonds is 8. The molecular weight excluding hydrogens is 468 g/mol. The first-order valence-electron chi connectivity index (χ1n) is 10.2. The minimum absolute atomic E-state index is 0.00673. The molecule has 4 rings (SSSR count). The Labute approximate surface area is 191 Å². The van der Waals surface area contributed by atoms with Gasteiger partial charge in [-0.25, -0.2) is 16.8 Å². The monoisotopic (exact) mass is 490 g/mol. The highest BCUT2D eigenvalue weighted by molar-refractivity contribution is 7.91. The van der Waals surface area contributed by atoms with E-state index in [2.05, 4.69) is 15.5 Å². The fourth-order valence-corrected chi connectivity index (χ4v) is 5.41. The molecule has 0 spiro atoms. The molecule has 1 amide bonds. The Morgan fingerprint density at radius 1 is 1.00 bits per heavy atom. The van der Waals surface area contributed by atoms with Crippen molar-refractivity contribution >= 4 is 31.8 Å². The summed E-state index contributed by atoms with van der Waals surface area (Å²) in [7, 11) is -5.36. The molecular formula is C21H22N4O6S2. The molecule has 1 aliphatic carbocycles. The number of sulfone groups is 1. The molecule has 0 bridgehead atoms. The molecule has 0 atom stereocenters. The first-order chi connectivity index (χ1) is 15.6. The van der Waals surface area contributed by atoms with Crippen molar-refractivity contribution in [2.45, 2.75) is 35.6 Å². The maximum atomic E-state index is 12.6. The summed E-state index contributed by atoms with van der Waals surface area (Å²) in [6.07, 6.45) is 1.70. The van der Waals surface area contributed by atoms with E-state index in [1.54, 1.807) is 26.1 Å². The maximum absolute atomic E-state index is 12.6. The molecule has 1 saturated carbocycles. The van der Waals surface area contributed by atoms with Crippen LogP contribution < -0.4 is 5.32 Å². The number of hydrogen-bond donors (Lipinski definition) is 1. The van der Waals surface area contributed by atoms with E-state index in [0.29, 0.717) is 5.56 Å². The van der Waals surface area contributed by atoms with Gasteiger partial charge in [0, 0.05) is 24.2 Å². The minimum atomic E-state index is -3.60. The molecule has 1 fully saturated rings. The zero-order chi connectivity index (χ0) is 23.8. The first-order valence-corrected chi connectivity index (χ1v) is 13.3. The van der Waals surface area contributed by atoms with Crippen LogP contribution in [0.5, 0.6) is 0 Å². The van der Waals surface area contributed by atoms with Crippen LogP contribution in [0.3, 0.4) is 0 Å². The number of anilines is 1. The predicted molar refractivity (Wildman–Crippen MR) is 120 cm³/mol. The minimum Gasteiger partial charge on any atom is -0.403 e. The summed E-state index contributed by atoms with van der Waals surface area (Å²) in [5.74, 6) is -0.447. The van der Waals surface area contributed by atoms with Gasteiger partial charge >= 0.3 is 6.01 Å². The van der Waals surface area contributed by atoms with E-state index in [-0.39, 0.29) is 39.1 Å². The summed E-state index contributed by atoms with van der Waals surface area (Å²) in [5.41, 5.74) is 0.712. The summed E-state index contributed by atoms with van der Waals surface area (Å²) in [6.45, 7) is 1.56. The van der Waals surface area contributed by atoms with Gasteiger partial charge in [0.25, 0.3) is 5.91 Å². The van der Waals surface area contributed by atoms with Gasteiger partial charge in [-0.15, -0.1) is 5.10 Å². The molecule has 1 heterocycles. The van der Waals surface area contributed by atoms with E-state index in [0.717, 1.165) is 12.8 Å². The SMILES string of the molecule is CCS(=O)(=O)c1ccc(-c2nnc(NC(=O)c3ccc(S(=O)(=O)N(C)C4CC4)cc3)o2)cc1. The fraction of sp³-hybridized carbons (Fsp3) is 0.286. The molecule has 1 aliphatic rings. The molecule has 2 aromatic carbocycles. The Morgan fingerprint density at radius 2 is 1.61 bits per heavy atom. The van der Waals surface area contributed by atoms with Gasteiger partial charge in [-0.1, -0.05) is 12.0 Å². The number of amides is 1. The van der Waals surface area contributed by atoms with Crippen molar-refractivity contribution in [3.05, 3.63) is 54.1 Å². The lowest BCUT2D eigenvalue weighted by molar-refractivity contribution is 0.102. The van der Waals surface area contributed by atoms with Gasteiger partial charge in [0.2, 0.25) is 15.9 Å².